The molecule has 2 aromatic rings. The number of esters is 1. The number of rotatable bonds is 4. The molecule has 19 heavy (non-hydrogen) atoms. The minimum absolute atomic E-state index is 0.0241. The fraction of sp³-hybridized carbons (Fsp3) is 0.167. The van der Waals surface area contributed by atoms with Gasteiger partial charge in [0, 0.05) is 6.20 Å². The quantitative estimate of drug-likeness (QED) is 0.871. The Morgan fingerprint density at radius 2 is 2.32 bits per heavy atom. The average molecular weight is 284 g/mol. The van der Waals surface area contributed by atoms with Gasteiger partial charge in [0.25, 0.3) is 0 Å². The number of nitrogen functional groups attached to an aromatic ring is 1. The maximum Gasteiger partial charge on any atom is 0.328 e. The van der Waals surface area contributed by atoms with Crippen molar-refractivity contribution in [2.75, 3.05) is 5.73 Å². The Morgan fingerprint density at radius 3 is 2.95 bits per heavy atom. The summed E-state index contributed by atoms with van der Waals surface area (Å²) < 4.78 is 19.5. The van der Waals surface area contributed by atoms with Gasteiger partial charge in [-0.25, -0.2) is 4.39 Å². The van der Waals surface area contributed by atoms with Gasteiger partial charge in [0.1, 0.15) is 19.0 Å². The lowest BCUT2D eigenvalue weighted by molar-refractivity contribution is -0.145. The second-order valence-electron chi connectivity index (χ2n) is 3.88. The van der Waals surface area contributed by atoms with E-state index in [-0.39, 0.29) is 18.2 Å². The Kier molecular flexibility index (Phi) is 4.01. The van der Waals surface area contributed by atoms with Crippen LogP contribution in [0.15, 0.2) is 30.6 Å². The second-order valence-corrected chi connectivity index (χ2v) is 4.29. The van der Waals surface area contributed by atoms with Crippen LogP contribution in [-0.4, -0.2) is 15.7 Å². The molecule has 2 N–H and O–H groups in total. The van der Waals surface area contributed by atoms with E-state index in [1.807, 2.05) is 0 Å². The first-order chi connectivity index (χ1) is 9.04. The van der Waals surface area contributed by atoms with Crippen molar-refractivity contribution in [2.45, 2.75) is 13.2 Å². The summed E-state index contributed by atoms with van der Waals surface area (Å²) in [4.78, 5) is 11.5. The van der Waals surface area contributed by atoms with Crippen molar-refractivity contribution in [1.29, 1.82) is 0 Å². The third-order valence-electron chi connectivity index (χ3n) is 2.33. The highest BCUT2D eigenvalue weighted by Gasteiger charge is 2.07. The molecule has 0 bridgehead atoms. The summed E-state index contributed by atoms with van der Waals surface area (Å²) in [5.74, 6) is -1.03. The van der Waals surface area contributed by atoms with Gasteiger partial charge in [-0.3, -0.25) is 9.48 Å². The van der Waals surface area contributed by atoms with Crippen molar-refractivity contribution in [2.24, 2.45) is 0 Å². The van der Waals surface area contributed by atoms with E-state index in [0.29, 0.717) is 11.3 Å². The topological polar surface area (TPSA) is 70.1 Å². The number of nitrogens with two attached hydrogens (primary N) is 1. The van der Waals surface area contributed by atoms with E-state index >= 15 is 0 Å². The summed E-state index contributed by atoms with van der Waals surface area (Å²) in [6, 6.07) is 4.22. The molecular formula is C12H11ClFN3O2. The minimum atomic E-state index is -0.546. The first-order valence-corrected chi connectivity index (χ1v) is 5.80. The SMILES string of the molecule is Nc1cnn(CC(=O)OCc2ccc(Cl)c(F)c2)c1. The number of anilines is 1. The van der Waals surface area contributed by atoms with Crippen molar-refractivity contribution >= 4 is 23.3 Å². The lowest BCUT2D eigenvalue weighted by atomic mass is 10.2. The number of nitrogens with zero attached hydrogens (tertiary/aromatic N) is 2. The van der Waals surface area contributed by atoms with Crippen molar-refractivity contribution in [1.82, 2.24) is 9.78 Å². The van der Waals surface area contributed by atoms with E-state index in [9.17, 15) is 9.18 Å². The van der Waals surface area contributed by atoms with Crippen molar-refractivity contribution < 1.29 is 13.9 Å². The van der Waals surface area contributed by atoms with Crippen LogP contribution < -0.4 is 5.73 Å². The molecule has 0 aliphatic rings. The smallest absolute Gasteiger partial charge is 0.328 e. The number of carbonyl (C=O) groups excluding carboxylic acids is 1. The molecule has 100 valence electrons. The number of halogens is 2. The molecule has 1 heterocycles. The Balaban J connectivity index is 1.88. The Morgan fingerprint density at radius 1 is 1.53 bits per heavy atom. The summed E-state index contributed by atoms with van der Waals surface area (Å²) in [5, 5.41) is 3.88. The normalized spacial score (nSPS) is 10.4. The molecule has 1 aromatic heterocycles. The molecule has 0 amide bonds. The summed E-state index contributed by atoms with van der Waals surface area (Å²) in [6.07, 6.45) is 2.95. The van der Waals surface area contributed by atoms with Crippen LogP contribution in [0.3, 0.4) is 0 Å². The predicted octanol–water partition coefficient (Wildman–Crippen LogP) is 2.00. The molecule has 0 radical (unpaired) electrons. The molecule has 1 aromatic carbocycles. The number of hydrogen-bond donors (Lipinski definition) is 1. The summed E-state index contributed by atoms with van der Waals surface area (Å²) in [6.45, 7) is -0.0725. The lowest BCUT2D eigenvalue weighted by Crippen LogP contribution is -2.13. The van der Waals surface area contributed by atoms with E-state index in [1.54, 1.807) is 6.07 Å². The summed E-state index contributed by atoms with van der Waals surface area (Å²) in [7, 11) is 0. The standard InChI is InChI=1S/C12H11ClFN3O2/c13-10-2-1-8(3-11(10)14)7-19-12(18)6-17-5-9(15)4-16-17/h1-5H,6-7,15H2. The van der Waals surface area contributed by atoms with Gasteiger partial charge in [0.05, 0.1) is 16.9 Å². The van der Waals surface area contributed by atoms with Crippen LogP contribution in [0, 0.1) is 5.82 Å². The van der Waals surface area contributed by atoms with Gasteiger partial charge < -0.3 is 10.5 Å². The van der Waals surface area contributed by atoms with Crippen molar-refractivity contribution in [3.8, 4) is 0 Å². The van der Waals surface area contributed by atoms with Gasteiger partial charge in [-0.05, 0) is 17.7 Å². The number of aromatic nitrogens is 2. The Bertz CT molecular complexity index is 600. The molecule has 0 unspecified atom stereocenters. The van der Waals surface area contributed by atoms with Crippen molar-refractivity contribution in [3.05, 3.63) is 47.0 Å². The second kappa shape index (κ2) is 5.71. The number of ether oxygens (including phenoxy) is 1. The molecule has 0 aliphatic heterocycles. The largest absolute Gasteiger partial charge is 0.459 e. The van der Waals surface area contributed by atoms with Crippen LogP contribution >= 0.6 is 11.6 Å². The molecular weight excluding hydrogens is 273 g/mol. The van der Waals surface area contributed by atoms with Gasteiger partial charge in [0.2, 0.25) is 0 Å². The Hall–Kier alpha value is -2.08. The van der Waals surface area contributed by atoms with Crippen LogP contribution in [0.2, 0.25) is 5.02 Å². The third kappa shape index (κ3) is 3.69. The maximum atomic E-state index is 13.2. The van der Waals surface area contributed by atoms with E-state index in [1.165, 1.54) is 29.2 Å². The molecule has 2 rings (SSSR count). The predicted molar refractivity (Wildman–Crippen MR) is 67.8 cm³/mol. The summed E-state index contributed by atoms with van der Waals surface area (Å²) >= 11 is 5.55. The Labute approximate surface area is 113 Å². The maximum absolute atomic E-state index is 13.2. The van der Waals surface area contributed by atoms with E-state index in [2.05, 4.69) is 5.10 Å². The number of benzene rings is 1. The molecule has 0 aliphatic carbocycles. The zero-order chi connectivity index (χ0) is 13.8. The van der Waals surface area contributed by atoms with Crippen LogP contribution in [-0.2, 0) is 22.7 Å². The number of carbonyl (C=O) groups is 1. The highest BCUT2D eigenvalue weighted by Crippen LogP contribution is 2.16. The van der Waals surface area contributed by atoms with Gasteiger partial charge in [-0.1, -0.05) is 17.7 Å². The first-order valence-electron chi connectivity index (χ1n) is 5.42. The van der Waals surface area contributed by atoms with Crippen LogP contribution in [0.5, 0.6) is 0 Å². The molecule has 0 fully saturated rings. The van der Waals surface area contributed by atoms with E-state index in [0.717, 1.165) is 0 Å². The lowest BCUT2D eigenvalue weighted by Gasteiger charge is -2.05. The van der Waals surface area contributed by atoms with Gasteiger partial charge in [0.15, 0.2) is 0 Å². The molecule has 7 heteroatoms. The first kappa shape index (κ1) is 13.4. The van der Waals surface area contributed by atoms with E-state index in [4.69, 9.17) is 22.1 Å². The average Bonchev–Trinajstić information content (AvgIpc) is 2.76. The third-order valence-corrected chi connectivity index (χ3v) is 2.63. The van der Waals surface area contributed by atoms with Crippen LogP contribution in [0.1, 0.15) is 5.56 Å². The van der Waals surface area contributed by atoms with Gasteiger partial charge in [-0.15, -0.1) is 0 Å². The highest BCUT2D eigenvalue weighted by molar-refractivity contribution is 6.30. The van der Waals surface area contributed by atoms with Crippen LogP contribution in [0.25, 0.3) is 0 Å². The monoisotopic (exact) mass is 283 g/mol. The molecule has 0 saturated carbocycles. The summed E-state index contributed by atoms with van der Waals surface area (Å²) in [5.41, 5.74) is 6.45. The van der Waals surface area contributed by atoms with Crippen LogP contribution in [0.4, 0.5) is 10.1 Å². The fourth-order valence-corrected chi connectivity index (χ4v) is 1.55. The molecule has 0 spiro atoms. The molecule has 0 atom stereocenters. The molecule has 5 nitrogen and oxygen atoms in total. The van der Waals surface area contributed by atoms with E-state index < -0.39 is 11.8 Å². The van der Waals surface area contributed by atoms with Crippen molar-refractivity contribution in [3.63, 3.8) is 0 Å². The molecule has 0 saturated heterocycles. The minimum Gasteiger partial charge on any atom is -0.459 e. The van der Waals surface area contributed by atoms with Gasteiger partial charge >= 0.3 is 5.97 Å². The fourth-order valence-electron chi connectivity index (χ4n) is 1.44. The highest BCUT2D eigenvalue weighted by atomic mass is 35.5. The number of hydrogen-bond acceptors (Lipinski definition) is 4. The zero-order valence-corrected chi connectivity index (χ0v) is 10.6. The zero-order valence-electron chi connectivity index (χ0n) is 9.85. The van der Waals surface area contributed by atoms with Gasteiger partial charge in [-0.2, -0.15) is 5.10 Å².